The van der Waals surface area contributed by atoms with Crippen LogP contribution in [-0.2, 0) is 61.6 Å². The van der Waals surface area contributed by atoms with Gasteiger partial charge in [0.1, 0.15) is 122 Å². The molecule has 540 valence electrons. The normalized spacial score (nSPS) is 55.3. The summed E-state index contributed by atoms with van der Waals surface area (Å²) in [6.07, 6.45) is -37.4. The van der Waals surface area contributed by atoms with Crippen LogP contribution in [0.4, 0.5) is 0 Å². The van der Waals surface area contributed by atoms with Gasteiger partial charge in [0.25, 0.3) is 0 Å². The number of fused-ring (bicyclic) bond motifs is 7. The lowest BCUT2D eigenvalue weighted by Crippen LogP contribution is -2.67. The summed E-state index contributed by atoms with van der Waals surface area (Å²) in [6.45, 7) is 13.7. The highest BCUT2D eigenvalue weighted by atomic mass is 16.8. The lowest BCUT2D eigenvalue weighted by molar-refractivity contribution is -0.379. The van der Waals surface area contributed by atoms with Gasteiger partial charge in [-0.05, 0) is 117 Å². The molecule has 5 aliphatic carbocycles. The summed E-state index contributed by atoms with van der Waals surface area (Å²) in [5.74, 6) is -1.01. The molecule has 17 N–H and O–H groups in total. The van der Waals surface area contributed by atoms with E-state index < -0.39 is 220 Å². The molecule has 0 amide bonds. The van der Waals surface area contributed by atoms with E-state index in [9.17, 15) is 86.8 Å². The van der Waals surface area contributed by atoms with E-state index >= 15 is 4.79 Å². The molecule has 4 saturated carbocycles. The molecule has 0 aromatic heterocycles. The Morgan fingerprint density at radius 3 is 1.77 bits per heavy atom. The molecule has 2 unspecified atom stereocenters. The average molecular weight is 1350 g/mol. The van der Waals surface area contributed by atoms with Crippen LogP contribution in [0.3, 0.4) is 0 Å². The Bertz CT molecular complexity index is 2640. The van der Waals surface area contributed by atoms with Gasteiger partial charge >= 0.3 is 5.97 Å². The van der Waals surface area contributed by atoms with Crippen molar-refractivity contribution >= 4 is 5.97 Å². The first kappa shape index (κ1) is 73.3. The van der Waals surface area contributed by atoms with Crippen LogP contribution in [0, 0.1) is 50.2 Å². The van der Waals surface area contributed by atoms with Crippen LogP contribution >= 0.6 is 0 Å². The van der Waals surface area contributed by atoms with Crippen LogP contribution in [0.1, 0.15) is 120 Å². The molecule has 0 aromatic rings. The topological polar surface area (TPSA) is 472 Å². The molecule has 11 aliphatic rings. The van der Waals surface area contributed by atoms with Gasteiger partial charge in [-0.1, -0.05) is 53.2 Å². The molecular formula is C64H104O30. The Kier molecular flexibility index (Phi) is 21.4. The number of allylic oxidation sites excluding steroid dienone is 2. The maximum absolute atomic E-state index is 15.3. The Morgan fingerprint density at radius 2 is 1.09 bits per heavy atom. The maximum atomic E-state index is 15.3. The van der Waals surface area contributed by atoms with E-state index in [2.05, 4.69) is 40.7 Å². The second-order valence-electron chi connectivity index (χ2n) is 30.8. The molecule has 6 heterocycles. The quantitative estimate of drug-likeness (QED) is 0.0421. The summed E-state index contributed by atoms with van der Waals surface area (Å²) in [4.78, 5) is 15.3. The molecule has 0 spiro atoms. The summed E-state index contributed by atoms with van der Waals surface area (Å²) in [6, 6.07) is 0. The van der Waals surface area contributed by atoms with Crippen molar-refractivity contribution in [1.82, 2.24) is 0 Å². The van der Waals surface area contributed by atoms with Gasteiger partial charge in [0.2, 0.25) is 6.29 Å². The fourth-order valence-electron chi connectivity index (χ4n) is 18.7. The Morgan fingerprint density at radius 1 is 0.511 bits per heavy atom. The Labute approximate surface area is 545 Å². The van der Waals surface area contributed by atoms with Crippen LogP contribution in [0.2, 0.25) is 0 Å². The summed E-state index contributed by atoms with van der Waals surface area (Å²) >= 11 is 0. The monoisotopic (exact) mass is 1350 g/mol. The number of carbonyl (C=O) groups excluding carboxylic acids is 1. The molecule has 0 radical (unpaired) electrons. The molecule has 0 aromatic carbocycles. The van der Waals surface area contributed by atoms with E-state index in [4.69, 9.17) is 56.8 Å². The van der Waals surface area contributed by atoms with Crippen LogP contribution in [0.25, 0.3) is 0 Å². The molecule has 0 bridgehead atoms. The molecule has 10 fully saturated rings. The summed E-state index contributed by atoms with van der Waals surface area (Å²) < 4.78 is 71.3. The van der Waals surface area contributed by atoms with Crippen molar-refractivity contribution in [2.24, 2.45) is 50.2 Å². The van der Waals surface area contributed by atoms with E-state index in [0.29, 0.717) is 57.8 Å². The first-order chi connectivity index (χ1) is 44.1. The van der Waals surface area contributed by atoms with Crippen molar-refractivity contribution in [1.29, 1.82) is 0 Å². The second-order valence-corrected chi connectivity index (χ2v) is 30.8. The highest BCUT2D eigenvalue weighted by Gasteiger charge is 2.71. The van der Waals surface area contributed by atoms with Crippen molar-refractivity contribution in [2.45, 2.75) is 298 Å². The first-order valence-electron chi connectivity index (χ1n) is 33.5. The van der Waals surface area contributed by atoms with Crippen LogP contribution in [0.5, 0.6) is 0 Å². The summed E-state index contributed by atoms with van der Waals surface area (Å²) in [5, 5.41) is 185. The molecule has 6 saturated heterocycles. The zero-order valence-corrected chi connectivity index (χ0v) is 54.6. The predicted octanol–water partition coefficient (Wildman–Crippen LogP) is -4.08. The Balaban J connectivity index is 0.771. The van der Waals surface area contributed by atoms with Gasteiger partial charge in [-0.15, -0.1) is 0 Å². The van der Waals surface area contributed by atoms with E-state index in [1.807, 2.05) is 6.92 Å². The second kappa shape index (κ2) is 27.5. The minimum Gasteiger partial charge on any atom is -0.432 e. The average Bonchev–Trinajstić information content (AvgIpc) is 0.676. The summed E-state index contributed by atoms with van der Waals surface area (Å²) in [7, 11) is 0. The SMILES string of the molecule is C[C@@H]1O[C@@H](O[C@H]2[C@H](O)[C@@H](O)[C@H](OC[C@H]3O[C@@H](OC(=O)[C@]45CCC(C)(C)C[C@H]4C4=CCC6[C@@]7(C)CC[C@H](O[C@@H]8OC[C@H](O)[C@H](O)[C@H]8O[C@@H]8O[C@@H](C)[C@H](O)[C@@H](O[C@@H]9OC[C@@H](O)[C@H](O)[C@H]9O)[C@H]8O)[C@@](C)(CO)C7CC[C@@]6(C)[C@]4(C)CC5)[C@H](O)[C@@H](O)[C@@H]3O)O[C@@H]2CO)[C@H](O)[C@H](O)[C@H]1O. The summed E-state index contributed by atoms with van der Waals surface area (Å²) in [5.41, 5.74) is -2.22. The van der Waals surface area contributed by atoms with Crippen molar-refractivity contribution in [3.8, 4) is 0 Å². The minimum atomic E-state index is -1.92. The number of aliphatic hydroxyl groups excluding tert-OH is 17. The molecule has 37 atom stereocenters. The standard InChI is InChI=1S/C64H104O30/c1-25-36(69)41(74)45(78)54(86-25)91-49-31(20-65)88-52(47(80)43(49)76)85-23-32-40(73)42(75)46(79)55(89-32)94-58(82)64-17-15-59(3,4)19-28(64)27-9-10-34-60(5)13-12-35(61(6,24-66)33(60)11-14-63(34,8)62(27,7)16-18-64)90-57-51(39(72)30(68)22-84-57)93-56-48(81)50(37(70)26(2)87-56)92-53-44(77)38(71)29(67)21-83-53/h9,25-26,28-57,65-81H,10-24H2,1-8H3/t25-,26-,28-,29+,30-,31+,32+,33?,34?,35-,36-,37-,38-,39-,40+,41+,42-,43+,44+,45+,46+,47+,48+,49+,50+,51+,52+,53-,54-,55-,56-,57-,60-,61-,62+,63+,64-/m0/s1. The van der Waals surface area contributed by atoms with Gasteiger partial charge < -0.3 is 144 Å². The number of hydrogen-bond acceptors (Lipinski definition) is 30. The Hall–Kier alpha value is -1.91. The molecule has 11 rings (SSSR count). The molecule has 94 heavy (non-hydrogen) atoms. The number of ether oxygens (including phenoxy) is 12. The number of aliphatic hydroxyl groups is 17. The van der Waals surface area contributed by atoms with Gasteiger partial charge in [-0.3, -0.25) is 4.79 Å². The van der Waals surface area contributed by atoms with E-state index in [1.165, 1.54) is 13.8 Å². The third-order valence-corrected chi connectivity index (χ3v) is 24.9. The van der Waals surface area contributed by atoms with Crippen molar-refractivity contribution in [3.05, 3.63) is 11.6 Å². The predicted molar refractivity (Wildman–Crippen MR) is 315 cm³/mol. The van der Waals surface area contributed by atoms with E-state index in [-0.39, 0.29) is 47.2 Å². The molecule has 30 nitrogen and oxygen atoms in total. The molecule has 30 heteroatoms. The highest BCUT2D eigenvalue weighted by Crippen LogP contribution is 2.76. The number of hydrogen-bond donors (Lipinski definition) is 17. The fraction of sp³-hybridized carbons (Fsp3) is 0.953. The maximum Gasteiger partial charge on any atom is 0.315 e. The van der Waals surface area contributed by atoms with Gasteiger partial charge in [0.05, 0.1) is 56.8 Å². The van der Waals surface area contributed by atoms with Crippen LogP contribution < -0.4 is 0 Å². The number of esters is 1. The first-order valence-corrected chi connectivity index (χ1v) is 33.5. The smallest absolute Gasteiger partial charge is 0.315 e. The minimum absolute atomic E-state index is 0.0747. The van der Waals surface area contributed by atoms with Gasteiger partial charge in [0, 0.05) is 5.41 Å². The zero-order chi connectivity index (χ0) is 68.4. The van der Waals surface area contributed by atoms with Crippen molar-refractivity contribution < 1.29 is 148 Å². The van der Waals surface area contributed by atoms with Crippen LogP contribution in [-0.4, -0.2) is 304 Å². The lowest BCUT2D eigenvalue weighted by atomic mass is 9.33. The van der Waals surface area contributed by atoms with Crippen LogP contribution in [0.15, 0.2) is 11.6 Å². The van der Waals surface area contributed by atoms with Crippen molar-refractivity contribution in [3.63, 3.8) is 0 Å². The third kappa shape index (κ3) is 12.5. The third-order valence-electron chi connectivity index (χ3n) is 24.9. The van der Waals surface area contributed by atoms with Gasteiger partial charge in [-0.2, -0.15) is 0 Å². The van der Waals surface area contributed by atoms with E-state index in [1.54, 1.807) is 0 Å². The highest BCUT2D eigenvalue weighted by molar-refractivity contribution is 5.79. The zero-order valence-electron chi connectivity index (χ0n) is 54.6. The van der Waals surface area contributed by atoms with Gasteiger partial charge in [-0.25, -0.2) is 0 Å². The van der Waals surface area contributed by atoms with Gasteiger partial charge in [0.15, 0.2) is 31.5 Å². The van der Waals surface area contributed by atoms with Crippen molar-refractivity contribution in [2.75, 3.05) is 33.0 Å². The molecular weight excluding hydrogens is 1250 g/mol. The largest absolute Gasteiger partial charge is 0.432 e. The number of rotatable bonds is 15. The van der Waals surface area contributed by atoms with E-state index in [0.717, 1.165) is 12.0 Å². The lowest BCUT2D eigenvalue weighted by Gasteiger charge is -2.71. The fourth-order valence-corrected chi connectivity index (χ4v) is 18.7. The molecule has 6 aliphatic heterocycles. The number of carbonyl (C=O) groups is 1.